The molecule has 0 aliphatic rings. The van der Waals surface area contributed by atoms with Gasteiger partial charge in [0.2, 0.25) is 0 Å². The van der Waals surface area contributed by atoms with Gasteiger partial charge >= 0.3 is 6.18 Å². The number of halogens is 4. The van der Waals surface area contributed by atoms with Crippen LogP contribution >= 0.6 is 11.6 Å². The Labute approximate surface area is 102 Å². The Morgan fingerprint density at radius 1 is 1.35 bits per heavy atom. The molecular formula is C12H10ClF3O. The van der Waals surface area contributed by atoms with Gasteiger partial charge in [-0.25, -0.2) is 0 Å². The lowest BCUT2D eigenvalue weighted by molar-refractivity contribution is -0.0936. The van der Waals surface area contributed by atoms with Gasteiger partial charge in [0.05, 0.1) is 5.02 Å². The minimum atomic E-state index is -4.48. The van der Waals surface area contributed by atoms with Crippen LogP contribution in [-0.2, 0) is 0 Å². The molecule has 17 heavy (non-hydrogen) atoms. The van der Waals surface area contributed by atoms with Crippen LogP contribution in [0.1, 0.15) is 23.7 Å². The van der Waals surface area contributed by atoms with Gasteiger partial charge in [-0.15, -0.1) is 0 Å². The van der Waals surface area contributed by atoms with E-state index in [2.05, 4.69) is 0 Å². The van der Waals surface area contributed by atoms with E-state index in [4.69, 9.17) is 11.6 Å². The van der Waals surface area contributed by atoms with Gasteiger partial charge in [0.15, 0.2) is 5.78 Å². The predicted molar refractivity (Wildman–Crippen MR) is 60.2 cm³/mol. The number of hydrogen-bond donors (Lipinski definition) is 0. The van der Waals surface area contributed by atoms with Crippen molar-refractivity contribution in [3.05, 3.63) is 46.5 Å². The Bertz CT molecular complexity index is 449. The molecule has 1 rings (SSSR count). The zero-order chi connectivity index (χ0) is 13.1. The second-order valence-electron chi connectivity index (χ2n) is 3.36. The van der Waals surface area contributed by atoms with Crippen LogP contribution in [0.25, 0.3) is 0 Å². The monoisotopic (exact) mass is 262 g/mol. The molecule has 5 heteroatoms. The maximum absolute atomic E-state index is 12.4. The summed E-state index contributed by atoms with van der Waals surface area (Å²) in [5.74, 6) is -0.732. The van der Waals surface area contributed by atoms with Crippen LogP contribution in [0.4, 0.5) is 13.2 Å². The van der Waals surface area contributed by atoms with Crippen molar-refractivity contribution in [2.75, 3.05) is 0 Å². The lowest BCUT2D eigenvalue weighted by atomic mass is 10.1. The zero-order valence-corrected chi connectivity index (χ0v) is 9.77. The van der Waals surface area contributed by atoms with Gasteiger partial charge in [0.1, 0.15) is 0 Å². The minimum Gasteiger partial charge on any atom is -0.289 e. The Hall–Kier alpha value is -1.29. The summed E-state index contributed by atoms with van der Waals surface area (Å²) < 4.78 is 37.3. The summed E-state index contributed by atoms with van der Waals surface area (Å²) in [5.41, 5.74) is -0.785. The normalized spacial score (nSPS) is 12.6. The summed E-state index contributed by atoms with van der Waals surface area (Å²) in [6.07, 6.45) is -4.13. The minimum absolute atomic E-state index is 0.0735. The maximum Gasteiger partial charge on any atom is 0.412 e. The summed E-state index contributed by atoms with van der Waals surface area (Å²) in [5, 5.41) is 0.145. The molecule has 0 spiro atoms. The first-order chi connectivity index (χ1) is 7.86. The molecule has 0 bridgehead atoms. The molecule has 0 atom stereocenters. The third-order valence-electron chi connectivity index (χ3n) is 2.19. The number of ketones is 1. The van der Waals surface area contributed by atoms with Crippen molar-refractivity contribution in [1.29, 1.82) is 0 Å². The molecule has 0 unspecified atom stereocenters. The summed E-state index contributed by atoms with van der Waals surface area (Å²) in [6.45, 7) is 1.35. The Kier molecular flexibility index (Phi) is 4.34. The number of benzene rings is 1. The molecule has 0 saturated heterocycles. The fraction of sp³-hybridized carbons (Fsp3) is 0.250. The van der Waals surface area contributed by atoms with E-state index >= 15 is 0 Å². The molecule has 0 aliphatic heterocycles. The number of hydrogen-bond acceptors (Lipinski definition) is 1. The van der Waals surface area contributed by atoms with Gasteiger partial charge in [0.25, 0.3) is 0 Å². The van der Waals surface area contributed by atoms with E-state index in [1.54, 1.807) is 12.1 Å². The predicted octanol–water partition coefficient (Wildman–Crippen LogP) is 4.42. The van der Waals surface area contributed by atoms with Crippen molar-refractivity contribution >= 4 is 17.4 Å². The summed E-state index contributed by atoms with van der Waals surface area (Å²) in [7, 11) is 0. The number of carbonyl (C=O) groups excluding carboxylic acids is 1. The van der Waals surface area contributed by atoms with Crippen molar-refractivity contribution in [1.82, 2.24) is 0 Å². The summed E-state index contributed by atoms with van der Waals surface area (Å²) in [4.78, 5) is 11.6. The molecule has 1 aromatic rings. The lowest BCUT2D eigenvalue weighted by Gasteiger charge is -2.09. The fourth-order valence-corrected chi connectivity index (χ4v) is 1.51. The molecule has 1 aromatic carbocycles. The molecule has 92 valence electrons. The van der Waals surface area contributed by atoms with Crippen molar-refractivity contribution < 1.29 is 18.0 Å². The summed E-state index contributed by atoms with van der Waals surface area (Å²) >= 11 is 5.73. The van der Waals surface area contributed by atoms with Crippen molar-refractivity contribution in [3.8, 4) is 0 Å². The number of carbonyl (C=O) groups is 1. The highest BCUT2D eigenvalue weighted by Crippen LogP contribution is 2.28. The van der Waals surface area contributed by atoms with E-state index in [0.717, 1.165) is 0 Å². The van der Waals surface area contributed by atoms with E-state index in [0.29, 0.717) is 6.08 Å². The fourth-order valence-electron chi connectivity index (χ4n) is 1.28. The molecule has 0 radical (unpaired) electrons. The smallest absolute Gasteiger partial charge is 0.289 e. The van der Waals surface area contributed by atoms with E-state index in [1.807, 2.05) is 0 Å². The maximum atomic E-state index is 12.4. The largest absolute Gasteiger partial charge is 0.412 e. The molecule has 0 aromatic heterocycles. The van der Waals surface area contributed by atoms with Crippen LogP contribution in [0, 0.1) is 0 Å². The van der Waals surface area contributed by atoms with Crippen LogP contribution < -0.4 is 0 Å². The third-order valence-corrected chi connectivity index (χ3v) is 2.52. The van der Waals surface area contributed by atoms with Gasteiger partial charge in [-0.05, 0) is 24.6 Å². The van der Waals surface area contributed by atoms with Crippen molar-refractivity contribution in [2.45, 2.75) is 19.5 Å². The van der Waals surface area contributed by atoms with Crippen LogP contribution in [0.15, 0.2) is 35.9 Å². The Morgan fingerprint density at radius 3 is 2.41 bits per heavy atom. The standard InChI is InChI=1S/C12H10ClF3O/c1-2-8(12(14,15)16)7-11(17)9-5-3-4-6-10(9)13/h3-7H,2H2,1H3/b8-7+. The quantitative estimate of drug-likeness (QED) is 0.582. The van der Waals surface area contributed by atoms with Crippen LogP contribution in [0.3, 0.4) is 0 Å². The molecule has 0 heterocycles. The number of rotatable bonds is 3. The molecule has 0 aliphatic carbocycles. The lowest BCUT2D eigenvalue weighted by Crippen LogP contribution is -2.13. The van der Waals surface area contributed by atoms with Crippen LogP contribution in [0.5, 0.6) is 0 Å². The zero-order valence-electron chi connectivity index (χ0n) is 9.01. The highest BCUT2D eigenvalue weighted by atomic mass is 35.5. The third kappa shape index (κ3) is 3.60. The molecule has 0 saturated carbocycles. The highest BCUT2D eigenvalue weighted by molar-refractivity contribution is 6.34. The molecule has 0 N–H and O–H groups in total. The summed E-state index contributed by atoms with van der Waals surface area (Å²) in [6, 6.07) is 6.01. The molecule has 0 amide bonds. The topological polar surface area (TPSA) is 17.1 Å². The van der Waals surface area contributed by atoms with E-state index in [-0.39, 0.29) is 17.0 Å². The average Bonchev–Trinajstić information content (AvgIpc) is 2.24. The van der Waals surface area contributed by atoms with Gasteiger partial charge in [0, 0.05) is 11.1 Å². The van der Waals surface area contributed by atoms with Gasteiger partial charge in [-0.2, -0.15) is 13.2 Å². The first-order valence-corrected chi connectivity index (χ1v) is 5.30. The molecular weight excluding hydrogens is 253 g/mol. The Morgan fingerprint density at radius 2 is 1.94 bits per heavy atom. The average molecular weight is 263 g/mol. The van der Waals surface area contributed by atoms with E-state index in [1.165, 1.54) is 19.1 Å². The second kappa shape index (κ2) is 5.36. The van der Waals surface area contributed by atoms with E-state index < -0.39 is 17.5 Å². The SMILES string of the molecule is CC/C(=C\C(=O)c1ccccc1Cl)C(F)(F)F. The molecule has 1 nitrogen and oxygen atoms in total. The first-order valence-electron chi connectivity index (χ1n) is 4.93. The van der Waals surface area contributed by atoms with Crippen LogP contribution in [-0.4, -0.2) is 12.0 Å². The van der Waals surface area contributed by atoms with Crippen molar-refractivity contribution in [3.63, 3.8) is 0 Å². The van der Waals surface area contributed by atoms with Gasteiger partial charge < -0.3 is 0 Å². The van der Waals surface area contributed by atoms with E-state index in [9.17, 15) is 18.0 Å². The highest BCUT2D eigenvalue weighted by Gasteiger charge is 2.32. The Balaban J connectivity index is 3.07. The number of alkyl halides is 3. The second-order valence-corrected chi connectivity index (χ2v) is 3.77. The van der Waals surface area contributed by atoms with Crippen LogP contribution in [0.2, 0.25) is 5.02 Å². The van der Waals surface area contributed by atoms with Gasteiger partial charge in [-0.3, -0.25) is 4.79 Å². The molecule has 0 fully saturated rings. The van der Waals surface area contributed by atoms with Crippen molar-refractivity contribution in [2.24, 2.45) is 0 Å². The van der Waals surface area contributed by atoms with Gasteiger partial charge in [-0.1, -0.05) is 30.7 Å². The first kappa shape index (κ1) is 13.8. The number of allylic oxidation sites excluding steroid dienone is 2.